The smallest absolute Gasteiger partial charge is 0.417 e. The first kappa shape index (κ1) is 13.9. The minimum Gasteiger partial charge on any atom is -0.475 e. The molecule has 0 aromatic carbocycles. The third kappa shape index (κ3) is 2.90. The van der Waals surface area contributed by atoms with Crippen LogP contribution in [-0.4, -0.2) is 15.6 Å². The zero-order valence-corrected chi connectivity index (χ0v) is 9.85. The van der Waals surface area contributed by atoms with Crippen LogP contribution in [0.4, 0.5) is 13.2 Å². The lowest BCUT2D eigenvalue weighted by molar-refractivity contribution is -0.138. The predicted molar refractivity (Wildman–Crippen MR) is 60.5 cm³/mol. The molecular formula is C12H8F3NO4. The molecule has 0 aliphatic carbocycles. The van der Waals surface area contributed by atoms with Crippen molar-refractivity contribution in [3.8, 4) is 0 Å². The van der Waals surface area contributed by atoms with Crippen LogP contribution < -0.4 is 5.56 Å². The first-order valence-electron chi connectivity index (χ1n) is 5.37. The molecule has 0 radical (unpaired) electrons. The van der Waals surface area contributed by atoms with Crippen molar-refractivity contribution in [1.82, 2.24) is 4.57 Å². The molecule has 2 aromatic rings. The Morgan fingerprint density at radius 2 is 1.95 bits per heavy atom. The number of carboxylic acid groups (broad SMARTS) is 1. The highest BCUT2D eigenvalue weighted by atomic mass is 19.4. The Labute approximate surface area is 109 Å². The van der Waals surface area contributed by atoms with Crippen molar-refractivity contribution in [2.45, 2.75) is 12.7 Å². The first-order valence-corrected chi connectivity index (χ1v) is 5.37. The van der Waals surface area contributed by atoms with Crippen LogP contribution in [0.25, 0.3) is 0 Å². The molecular weight excluding hydrogens is 279 g/mol. The van der Waals surface area contributed by atoms with E-state index in [2.05, 4.69) is 0 Å². The van der Waals surface area contributed by atoms with Gasteiger partial charge in [0.25, 0.3) is 5.56 Å². The highest BCUT2D eigenvalue weighted by Gasteiger charge is 2.31. The number of carboxylic acids is 1. The highest BCUT2D eigenvalue weighted by Crippen LogP contribution is 2.28. The summed E-state index contributed by atoms with van der Waals surface area (Å²) in [6.07, 6.45) is -3.91. The predicted octanol–water partition coefficient (Wildman–Crippen LogP) is 2.21. The van der Waals surface area contributed by atoms with E-state index in [0.29, 0.717) is 12.3 Å². The number of aromatic nitrogens is 1. The van der Waals surface area contributed by atoms with Gasteiger partial charge < -0.3 is 14.1 Å². The van der Waals surface area contributed by atoms with Crippen molar-refractivity contribution in [3.63, 3.8) is 0 Å². The van der Waals surface area contributed by atoms with Crippen LogP contribution >= 0.6 is 0 Å². The van der Waals surface area contributed by atoms with Crippen LogP contribution in [0.3, 0.4) is 0 Å². The largest absolute Gasteiger partial charge is 0.475 e. The van der Waals surface area contributed by atoms with E-state index >= 15 is 0 Å². The number of rotatable bonds is 3. The molecule has 1 N–H and O–H groups in total. The zero-order valence-electron chi connectivity index (χ0n) is 9.85. The maximum absolute atomic E-state index is 12.5. The molecule has 2 aromatic heterocycles. The van der Waals surface area contributed by atoms with Crippen molar-refractivity contribution < 1.29 is 27.5 Å². The zero-order chi connectivity index (χ0) is 14.9. The average molecular weight is 287 g/mol. The van der Waals surface area contributed by atoms with Crippen LogP contribution in [0.5, 0.6) is 0 Å². The summed E-state index contributed by atoms with van der Waals surface area (Å²) in [4.78, 5) is 22.1. The molecule has 106 valence electrons. The van der Waals surface area contributed by atoms with Gasteiger partial charge in [0.15, 0.2) is 0 Å². The molecule has 2 heterocycles. The van der Waals surface area contributed by atoms with Gasteiger partial charge in [0.05, 0.1) is 12.1 Å². The van der Waals surface area contributed by atoms with Crippen LogP contribution in [0, 0.1) is 0 Å². The van der Waals surface area contributed by atoms with Gasteiger partial charge in [-0.3, -0.25) is 4.79 Å². The van der Waals surface area contributed by atoms with Gasteiger partial charge in [-0.05, 0) is 18.2 Å². The standard InChI is InChI=1S/C12H8F3NO4/c13-12(14,15)7-1-4-10(17)16(5-7)6-8-2-3-9(20-8)11(18)19/h1-5H,6H2,(H,18,19). The second-order valence-electron chi connectivity index (χ2n) is 3.95. The van der Waals surface area contributed by atoms with Crippen molar-refractivity contribution in [3.05, 3.63) is 57.9 Å². The molecule has 0 aliphatic rings. The quantitative estimate of drug-likeness (QED) is 0.939. The van der Waals surface area contributed by atoms with Crippen molar-refractivity contribution >= 4 is 5.97 Å². The minimum absolute atomic E-state index is 0.0730. The van der Waals surface area contributed by atoms with Crippen molar-refractivity contribution in [2.24, 2.45) is 0 Å². The third-order valence-electron chi connectivity index (χ3n) is 2.51. The summed E-state index contributed by atoms with van der Waals surface area (Å²) >= 11 is 0. The molecule has 0 atom stereocenters. The summed E-state index contributed by atoms with van der Waals surface area (Å²) in [5, 5.41) is 8.66. The van der Waals surface area contributed by atoms with Gasteiger partial charge >= 0.3 is 12.1 Å². The van der Waals surface area contributed by atoms with E-state index < -0.39 is 23.3 Å². The van der Waals surface area contributed by atoms with E-state index in [-0.39, 0.29) is 18.1 Å². The molecule has 0 amide bonds. The Kier molecular flexibility index (Phi) is 3.39. The molecule has 0 spiro atoms. The Bertz CT molecular complexity index is 699. The Hall–Kier alpha value is -2.51. The summed E-state index contributed by atoms with van der Waals surface area (Å²) in [5.74, 6) is -1.57. The fourth-order valence-electron chi connectivity index (χ4n) is 1.57. The monoisotopic (exact) mass is 287 g/mol. The molecule has 5 nitrogen and oxygen atoms in total. The van der Waals surface area contributed by atoms with Crippen LogP contribution in [0.2, 0.25) is 0 Å². The third-order valence-corrected chi connectivity index (χ3v) is 2.51. The maximum Gasteiger partial charge on any atom is 0.417 e. The van der Waals surface area contributed by atoms with E-state index in [1.54, 1.807) is 0 Å². The maximum atomic E-state index is 12.5. The topological polar surface area (TPSA) is 72.4 Å². The van der Waals surface area contributed by atoms with E-state index in [1.165, 1.54) is 6.07 Å². The fourth-order valence-corrected chi connectivity index (χ4v) is 1.57. The Morgan fingerprint density at radius 1 is 1.25 bits per heavy atom. The van der Waals surface area contributed by atoms with Gasteiger partial charge in [0.2, 0.25) is 5.76 Å². The lowest BCUT2D eigenvalue weighted by atomic mass is 10.2. The van der Waals surface area contributed by atoms with E-state index in [1.807, 2.05) is 0 Å². The molecule has 0 fully saturated rings. The number of halogens is 3. The number of aromatic carboxylic acids is 1. The lowest BCUT2D eigenvalue weighted by Crippen LogP contribution is -2.21. The molecule has 0 unspecified atom stereocenters. The van der Waals surface area contributed by atoms with Crippen molar-refractivity contribution in [2.75, 3.05) is 0 Å². The normalized spacial score (nSPS) is 11.6. The SMILES string of the molecule is O=C(O)c1ccc(Cn2cc(C(F)(F)F)ccc2=O)o1. The first-order chi connectivity index (χ1) is 9.27. The number of pyridine rings is 1. The number of furan rings is 1. The van der Waals surface area contributed by atoms with Crippen LogP contribution in [0.1, 0.15) is 21.9 Å². The number of hydrogen-bond donors (Lipinski definition) is 1. The molecule has 20 heavy (non-hydrogen) atoms. The van der Waals surface area contributed by atoms with Crippen LogP contribution in [0.15, 0.2) is 39.7 Å². The summed E-state index contributed by atoms with van der Waals surface area (Å²) in [5.41, 5.74) is -1.62. The van der Waals surface area contributed by atoms with Crippen LogP contribution in [-0.2, 0) is 12.7 Å². The number of alkyl halides is 3. The summed E-state index contributed by atoms with van der Waals surface area (Å²) < 4.78 is 43.3. The second kappa shape index (κ2) is 4.87. The van der Waals surface area contributed by atoms with Gasteiger partial charge in [-0.1, -0.05) is 0 Å². The molecule has 0 bridgehead atoms. The summed E-state index contributed by atoms with van der Waals surface area (Å²) in [6.45, 7) is -0.282. The Balaban J connectivity index is 2.32. The summed E-state index contributed by atoms with van der Waals surface area (Å²) in [7, 11) is 0. The highest BCUT2D eigenvalue weighted by molar-refractivity contribution is 5.84. The van der Waals surface area contributed by atoms with Gasteiger partial charge in [-0.15, -0.1) is 0 Å². The number of nitrogens with zero attached hydrogens (tertiary/aromatic N) is 1. The number of hydrogen-bond acceptors (Lipinski definition) is 3. The number of carbonyl (C=O) groups is 1. The molecule has 0 aliphatic heterocycles. The fraction of sp³-hybridized carbons (Fsp3) is 0.167. The van der Waals surface area contributed by atoms with E-state index in [0.717, 1.165) is 16.7 Å². The molecule has 8 heteroatoms. The molecule has 0 saturated carbocycles. The van der Waals surface area contributed by atoms with Gasteiger partial charge in [0.1, 0.15) is 5.76 Å². The van der Waals surface area contributed by atoms with E-state index in [9.17, 15) is 22.8 Å². The van der Waals surface area contributed by atoms with Gasteiger partial charge in [-0.25, -0.2) is 4.79 Å². The lowest BCUT2D eigenvalue weighted by Gasteiger charge is -2.09. The van der Waals surface area contributed by atoms with E-state index in [4.69, 9.17) is 9.52 Å². The second-order valence-corrected chi connectivity index (χ2v) is 3.95. The van der Waals surface area contributed by atoms with Crippen molar-refractivity contribution in [1.29, 1.82) is 0 Å². The molecule has 2 rings (SSSR count). The average Bonchev–Trinajstić information content (AvgIpc) is 2.79. The van der Waals surface area contributed by atoms with Gasteiger partial charge in [-0.2, -0.15) is 13.2 Å². The minimum atomic E-state index is -4.56. The Morgan fingerprint density at radius 3 is 2.50 bits per heavy atom. The molecule has 0 saturated heterocycles. The van der Waals surface area contributed by atoms with Gasteiger partial charge in [0, 0.05) is 12.3 Å². The summed E-state index contributed by atoms with van der Waals surface area (Å²) in [6, 6.07) is 3.93.